The van der Waals surface area contributed by atoms with Gasteiger partial charge in [0.15, 0.2) is 0 Å². The molecule has 1 fully saturated rings. The molecule has 0 heterocycles. The fourth-order valence-corrected chi connectivity index (χ4v) is 3.96. The summed E-state index contributed by atoms with van der Waals surface area (Å²) in [7, 11) is 0. The van der Waals surface area contributed by atoms with Gasteiger partial charge < -0.3 is 0 Å². The maximum atomic E-state index is 6.58. The van der Waals surface area contributed by atoms with Crippen LogP contribution in [0.5, 0.6) is 0 Å². The fourth-order valence-electron chi connectivity index (χ4n) is 3.19. The van der Waals surface area contributed by atoms with E-state index in [1.807, 2.05) is 0 Å². The van der Waals surface area contributed by atoms with E-state index in [4.69, 9.17) is 11.6 Å². The van der Waals surface area contributed by atoms with Crippen molar-refractivity contribution in [3.8, 4) is 0 Å². The predicted molar refractivity (Wildman–Crippen MR) is 87.8 cm³/mol. The van der Waals surface area contributed by atoms with Crippen molar-refractivity contribution in [2.45, 2.75) is 51.8 Å². The number of halogens is 2. The number of alkyl halides is 1. The van der Waals surface area contributed by atoms with Crippen LogP contribution in [0.25, 0.3) is 0 Å². The molecule has 0 aliphatic heterocycles. The highest BCUT2D eigenvalue weighted by Gasteiger charge is 2.34. The summed E-state index contributed by atoms with van der Waals surface area (Å²) in [6, 6.07) is 8.65. The summed E-state index contributed by atoms with van der Waals surface area (Å²) < 4.78 is 1.17. The lowest BCUT2D eigenvalue weighted by Gasteiger charge is -2.40. The number of benzene rings is 1. The second kappa shape index (κ2) is 6.18. The van der Waals surface area contributed by atoms with Crippen LogP contribution in [0.2, 0.25) is 0 Å². The summed E-state index contributed by atoms with van der Waals surface area (Å²) in [5.74, 6) is 1.42. The zero-order chi connectivity index (χ0) is 14.0. The van der Waals surface area contributed by atoms with Gasteiger partial charge in [-0.3, -0.25) is 0 Å². The van der Waals surface area contributed by atoms with Gasteiger partial charge in [0.25, 0.3) is 0 Å². The first kappa shape index (κ1) is 15.4. The van der Waals surface area contributed by atoms with E-state index in [0.29, 0.717) is 16.7 Å². The Morgan fingerprint density at radius 2 is 2.00 bits per heavy atom. The van der Waals surface area contributed by atoms with Crippen LogP contribution in [-0.2, 0) is 6.42 Å². The fraction of sp³-hybridized carbons (Fsp3) is 0.647. The van der Waals surface area contributed by atoms with Crippen molar-refractivity contribution in [1.82, 2.24) is 0 Å². The van der Waals surface area contributed by atoms with Crippen molar-refractivity contribution < 1.29 is 0 Å². The van der Waals surface area contributed by atoms with Crippen molar-refractivity contribution in [3.63, 3.8) is 0 Å². The van der Waals surface area contributed by atoms with Crippen molar-refractivity contribution in [2.75, 3.05) is 0 Å². The molecule has 1 aliphatic rings. The van der Waals surface area contributed by atoms with E-state index in [2.05, 4.69) is 61.0 Å². The SMILES string of the molecule is CC(C)(C)C1CCC(Cl)C(Cc2cccc(Br)c2)C1. The van der Waals surface area contributed by atoms with Gasteiger partial charge in [-0.2, -0.15) is 0 Å². The van der Waals surface area contributed by atoms with E-state index in [1.165, 1.54) is 29.3 Å². The van der Waals surface area contributed by atoms with E-state index in [-0.39, 0.29) is 0 Å². The van der Waals surface area contributed by atoms with Gasteiger partial charge in [0.1, 0.15) is 0 Å². The summed E-state index contributed by atoms with van der Waals surface area (Å²) in [4.78, 5) is 0. The van der Waals surface area contributed by atoms with Crippen LogP contribution in [0, 0.1) is 17.3 Å². The van der Waals surface area contributed by atoms with Gasteiger partial charge in [0.05, 0.1) is 0 Å². The third-order valence-corrected chi connectivity index (χ3v) is 5.57. The standard InChI is InChI=1S/C17H24BrCl/c1-17(2,3)14-7-8-16(19)13(11-14)9-12-5-4-6-15(18)10-12/h4-6,10,13-14,16H,7-9,11H2,1-3H3. The molecule has 0 saturated heterocycles. The predicted octanol–water partition coefficient (Wildman–Crippen LogP) is 6.06. The largest absolute Gasteiger partial charge is 0.123 e. The Morgan fingerprint density at radius 1 is 1.26 bits per heavy atom. The third kappa shape index (κ3) is 4.23. The van der Waals surface area contributed by atoms with Gasteiger partial charge in [-0.15, -0.1) is 11.6 Å². The highest BCUT2D eigenvalue weighted by atomic mass is 79.9. The first-order valence-electron chi connectivity index (χ1n) is 7.25. The van der Waals surface area contributed by atoms with Gasteiger partial charge in [-0.05, 0) is 60.6 Å². The van der Waals surface area contributed by atoms with Crippen LogP contribution in [0.4, 0.5) is 0 Å². The van der Waals surface area contributed by atoms with Crippen molar-refractivity contribution >= 4 is 27.5 Å². The summed E-state index contributed by atoms with van der Waals surface area (Å²) in [5, 5.41) is 0.345. The molecule has 0 radical (unpaired) electrons. The molecule has 1 aliphatic carbocycles. The van der Waals surface area contributed by atoms with Gasteiger partial charge in [0.2, 0.25) is 0 Å². The quantitative estimate of drug-likeness (QED) is 0.572. The minimum Gasteiger partial charge on any atom is -0.123 e. The molecule has 0 spiro atoms. The second-order valence-corrected chi connectivity index (χ2v) is 8.46. The number of hydrogen-bond acceptors (Lipinski definition) is 0. The lowest BCUT2D eigenvalue weighted by molar-refractivity contribution is 0.144. The normalized spacial score (nSPS) is 28.4. The van der Waals surface area contributed by atoms with Crippen molar-refractivity contribution in [3.05, 3.63) is 34.3 Å². The van der Waals surface area contributed by atoms with Crippen molar-refractivity contribution in [1.29, 1.82) is 0 Å². The summed E-state index contributed by atoms with van der Waals surface area (Å²) >= 11 is 10.1. The van der Waals surface area contributed by atoms with Gasteiger partial charge in [0, 0.05) is 9.85 Å². The van der Waals surface area contributed by atoms with E-state index < -0.39 is 0 Å². The molecule has 0 nitrogen and oxygen atoms in total. The monoisotopic (exact) mass is 342 g/mol. The molecule has 19 heavy (non-hydrogen) atoms. The maximum absolute atomic E-state index is 6.58. The van der Waals surface area contributed by atoms with E-state index in [9.17, 15) is 0 Å². The second-order valence-electron chi connectivity index (χ2n) is 6.99. The number of rotatable bonds is 2. The smallest absolute Gasteiger partial charge is 0.0367 e. The molecule has 3 unspecified atom stereocenters. The molecule has 0 aromatic heterocycles. The number of hydrogen-bond donors (Lipinski definition) is 0. The summed E-state index contributed by atoms with van der Waals surface area (Å²) in [6.07, 6.45) is 4.83. The van der Waals surface area contributed by atoms with Crippen LogP contribution >= 0.6 is 27.5 Å². The Morgan fingerprint density at radius 3 is 2.63 bits per heavy atom. The molecule has 0 amide bonds. The molecule has 0 N–H and O–H groups in total. The Labute approximate surface area is 131 Å². The lowest BCUT2D eigenvalue weighted by Crippen LogP contribution is -2.33. The Balaban J connectivity index is 2.05. The molecule has 3 atom stereocenters. The van der Waals surface area contributed by atoms with Crippen LogP contribution in [0.3, 0.4) is 0 Å². The molecule has 2 rings (SSSR count). The minimum atomic E-state index is 0.345. The molecule has 1 saturated carbocycles. The molecule has 1 aromatic carbocycles. The highest BCUT2D eigenvalue weighted by molar-refractivity contribution is 9.10. The third-order valence-electron chi connectivity index (χ3n) is 4.50. The van der Waals surface area contributed by atoms with Gasteiger partial charge in [-0.1, -0.05) is 48.8 Å². The topological polar surface area (TPSA) is 0 Å². The van der Waals surface area contributed by atoms with Crippen molar-refractivity contribution in [2.24, 2.45) is 17.3 Å². The van der Waals surface area contributed by atoms with Crippen LogP contribution in [0.15, 0.2) is 28.7 Å². The van der Waals surface area contributed by atoms with Crippen LogP contribution in [0.1, 0.15) is 45.6 Å². The van der Waals surface area contributed by atoms with E-state index in [0.717, 1.165) is 12.3 Å². The Hall–Kier alpha value is -0.0100. The average molecular weight is 344 g/mol. The molecule has 106 valence electrons. The Bertz CT molecular complexity index is 422. The maximum Gasteiger partial charge on any atom is 0.0367 e. The molecular formula is C17H24BrCl. The minimum absolute atomic E-state index is 0.345. The zero-order valence-electron chi connectivity index (χ0n) is 12.1. The molecular weight excluding hydrogens is 320 g/mol. The highest BCUT2D eigenvalue weighted by Crippen LogP contribution is 2.43. The first-order valence-corrected chi connectivity index (χ1v) is 8.47. The average Bonchev–Trinajstić information content (AvgIpc) is 2.30. The van der Waals surface area contributed by atoms with Crippen LogP contribution in [-0.4, -0.2) is 5.38 Å². The van der Waals surface area contributed by atoms with Gasteiger partial charge >= 0.3 is 0 Å². The van der Waals surface area contributed by atoms with Gasteiger partial charge in [-0.25, -0.2) is 0 Å². The summed E-state index contributed by atoms with van der Waals surface area (Å²) in [6.45, 7) is 7.09. The van der Waals surface area contributed by atoms with Crippen LogP contribution < -0.4 is 0 Å². The first-order chi connectivity index (χ1) is 8.86. The molecule has 1 aromatic rings. The van der Waals surface area contributed by atoms with E-state index in [1.54, 1.807) is 0 Å². The molecule has 2 heteroatoms. The lowest BCUT2D eigenvalue weighted by atomic mass is 9.68. The Kier molecular flexibility index (Phi) is 5.00. The van der Waals surface area contributed by atoms with E-state index >= 15 is 0 Å². The zero-order valence-corrected chi connectivity index (χ0v) is 14.5. The molecule has 0 bridgehead atoms. The summed E-state index contributed by atoms with van der Waals surface area (Å²) in [5.41, 5.74) is 1.81.